The van der Waals surface area contributed by atoms with Crippen molar-refractivity contribution in [3.05, 3.63) is 30.3 Å². The molecule has 2 saturated heterocycles. The molecular weight excluding hydrogens is 346 g/mol. The number of para-hydroxylation sites is 1. The minimum Gasteiger partial charge on any atom is -0.378 e. The van der Waals surface area contributed by atoms with Crippen LogP contribution in [0.5, 0.6) is 0 Å². The summed E-state index contributed by atoms with van der Waals surface area (Å²) in [5.41, 5.74) is 0.955. The molecule has 0 N–H and O–H groups in total. The van der Waals surface area contributed by atoms with Gasteiger partial charge < -0.3 is 14.5 Å². The fourth-order valence-electron chi connectivity index (χ4n) is 3.51. The normalized spacial score (nSPS) is 18.7. The number of rotatable bonds is 5. The lowest BCUT2D eigenvalue weighted by molar-refractivity contribution is -0.135. The number of anilines is 1. The van der Waals surface area contributed by atoms with Gasteiger partial charge in [-0.15, -0.1) is 0 Å². The zero-order chi connectivity index (χ0) is 18.5. The van der Waals surface area contributed by atoms with Crippen molar-refractivity contribution < 1.29 is 9.53 Å². The van der Waals surface area contributed by atoms with Crippen LogP contribution in [0.4, 0.5) is 5.95 Å². The number of amides is 1. The quantitative estimate of drug-likeness (QED) is 0.734. The van der Waals surface area contributed by atoms with E-state index in [4.69, 9.17) is 4.74 Å². The summed E-state index contributed by atoms with van der Waals surface area (Å²) in [6, 6.07) is 9.92. The first-order valence-corrected chi connectivity index (χ1v) is 9.48. The Kier molecular flexibility index (Phi) is 5.59. The number of carbonyl (C=O) groups excluding carboxylic acids is 1. The average molecular weight is 371 g/mol. The molecule has 1 aromatic carbocycles. The van der Waals surface area contributed by atoms with E-state index >= 15 is 0 Å². The molecular formula is C18H25N7O2. The summed E-state index contributed by atoms with van der Waals surface area (Å²) in [4.78, 5) is 18.7. The molecule has 2 aliphatic rings. The van der Waals surface area contributed by atoms with E-state index in [0.717, 1.165) is 57.4 Å². The monoisotopic (exact) mass is 371 g/mol. The number of benzene rings is 1. The molecule has 2 aliphatic heterocycles. The highest BCUT2D eigenvalue weighted by molar-refractivity contribution is 5.76. The van der Waals surface area contributed by atoms with Crippen LogP contribution in [-0.4, -0.2) is 94.9 Å². The first-order chi connectivity index (χ1) is 13.3. The van der Waals surface area contributed by atoms with Crippen molar-refractivity contribution in [3.8, 4) is 5.69 Å². The summed E-state index contributed by atoms with van der Waals surface area (Å²) in [6.45, 7) is 7.03. The van der Waals surface area contributed by atoms with Crippen molar-refractivity contribution in [2.75, 3.05) is 63.9 Å². The van der Waals surface area contributed by atoms with E-state index in [-0.39, 0.29) is 5.91 Å². The van der Waals surface area contributed by atoms with Gasteiger partial charge in [-0.05, 0) is 22.6 Å². The van der Waals surface area contributed by atoms with Crippen molar-refractivity contribution in [3.63, 3.8) is 0 Å². The fourth-order valence-corrected chi connectivity index (χ4v) is 3.51. The molecule has 9 heteroatoms. The number of piperazine rings is 1. The molecule has 0 radical (unpaired) electrons. The highest BCUT2D eigenvalue weighted by Crippen LogP contribution is 2.17. The van der Waals surface area contributed by atoms with Crippen molar-refractivity contribution in [1.82, 2.24) is 30.0 Å². The van der Waals surface area contributed by atoms with Gasteiger partial charge in [-0.1, -0.05) is 23.3 Å². The third-order valence-corrected chi connectivity index (χ3v) is 5.11. The summed E-state index contributed by atoms with van der Waals surface area (Å²) < 4.78 is 7.08. The molecule has 9 nitrogen and oxygen atoms in total. The number of carbonyl (C=O) groups is 1. The Morgan fingerprint density at radius 1 is 1.00 bits per heavy atom. The Hall–Kier alpha value is -2.52. The van der Waals surface area contributed by atoms with Gasteiger partial charge >= 0.3 is 0 Å². The molecule has 2 aromatic rings. The Bertz CT molecular complexity index is 737. The van der Waals surface area contributed by atoms with Crippen molar-refractivity contribution in [2.24, 2.45) is 0 Å². The largest absolute Gasteiger partial charge is 0.378 e. The van der Waals surface area contributed by atoms with Gasteiger partial charge in [0.15, 0.2) is 0 Å². The summed E-state index contributed by atoms with van der Waals surface area (Å²) in [5.74, 6) is 0.999. The Balaban J connectivity index is 1.28. The van der Waals surface area contributed by atoms with E-state index in [1.807, 2.05) is 35.2 Å². The first kappa shape index (κ1) is 17.9. The summed E-state index contributed by atoms with van der Waals surface area (Å²) >= 11 is 0. The van der Waals surface area contributed by atoms with Crippen LogP contribution in [0, 0.1) is 0 Å². The molecule has 1 aromatic heterocycles. The minimum absolute atomic E-state index is 0.230. The second-order valence-corrected chi connectivity index (χ2v) is 6.80. The van der Waals surface area contributed by atoms with Crippen LogP contribution < -0.4 is 4.90 Å². The van der Waals surface area contributed by atoms with E-state index in [1.54, 1.807) is 4.68 Å². The van der Waals surface area contributed by atoms with Crippen LogP contribution >= 0.6 is 0 Å². The number of hydrogen-bond donors (Lipinski definition) is 0. The molecule has 2 fully saturated rings. The Morgan fingerprint density at radius 3 is 2.48 bits per heavy atom. The number of hydrogen-bond acceptors (Lipinski definition) is 7. The highest BCUT2D eigenvalue weighted by atomic mass is 16.5. The standard InChI is InChI=1S/C18H25N7O2/c26-17(23-12-14-27-15-13-23)6-7-22-8-10-24(11-9-22)18-19-20-21-25(18)16-4-2-1-3-5-16/h1-5H,6-15H2. The fraction of sp³-hybridized carbons (Fsp3) is 0.556. The van der Waals surface area contributed by atoms with Gasteiger partial charge in [0, 0.05) is 52.2 Å². The molecule has 4 rings (SSSR count). The van der Waals surface area contributed by atoms with Crippen LogP contribution in [0.15, 0.2) is 30.3 Å². The molecule has 0 aliphatic carbocycles. The van der Waals surface area contributed by atoms with Gasteiger partial charge in [0.25, 0.3) is 0 Å². The summed E-state index contributed by atoms with van der Waals surface area (Å²) in [5, 5.41) is 12.2. The van der Waals surface area contributed by atoms with Gasteiger partial charge in [-0.25, -0.2) is 0 Å². The number of ether oxygens (including phenoxy) is 1. The van der Waals surface area contributed by atoms with E-state index in [2.05, 4.69) is 25.3 Å². The van der Waals surface area contributed by atoms with Crippen LogP contribution in [0.1, 0.15) is 6.42 Å². The van der Waals surface area contributed by atoms with Crippen LogP contribution in [-0.2, 0) is 9.53 Å². The number of nitrogens with zero attached hydrogens (tertiary/aromatic N) is 7. The predicted octanol–water partition coefficient (Wildman–Crippen LogP) is 0.0332. The Morgan fingerprint density at radius 2 is 1.74 bits per heavy atom. The Labute approximate surface area is 158 Å². The molecule has 1 amide bonds. The molecule has 0 saturated carbocycles. The predicted molar refractivity (Wildman–Crippen MR) is 99.8 cm³/mol. The lowest BCUT2D eigenvalue weighted by Gasteiger charge is -2.35. The number of tetrazole rings is 1. The van der Waals surface area contributed by atoms with E-state index in [0.29, 0.717) is 19.6 Å². The topological polar surface area (TPSA) is 79.6 Å². The van der Waals surface area contributed by atoms with Crippen molar-refractivity contribution in [1.29, 1.82) is 0 Å². The van der Waals surface area contributed by atoms with Gasteiger partial charge in [-0.3, -0.25) is 9.69 Å². The maximum absolute atomic E-state index is 12.3. The van der Waals surface area contributed by atoms with E-state index in [1.165, 1.54) is 0 Å². The van der Waals surface area contributed by atoms with Crippen molar-refractivity contribution >= 4 is 11.9 Å². The average Bonchev–Trinajstić information content (AvgIpc) is 3.23. The number of morpholine rings is 1. The number of aromatic nitrogens is 4. The molecule has 0 unspecified atom stereocenters. The van der Waals surface area contributed by atoms with Gasteiger partial charge in [-0.2, -0.15) is 4.68 Å². The zero-order valence-corrected chi connectivity index (χ0v) is 15.4. The molecule has 0 spiro atoms. The second kappa shape index (κ2) is 8.45. The summed E-state index contributed by atoms with van der Waals surface area (Å²) in [6.07, 6.45) is 0.571. The zero-order valence-electron chi connectivity index (χ0n) is 15.4. The second-order valence-electron chi connectivity index (χ2n) is 6.80. The smallest absolute Gasteiger partial charge is 0.250 e. The van der Waals surface area contributed by atoms with Gasteiger partial charge in [0.1, 0.15) is 0 Å². The molecule has 27 heavy (non-hydrogen) atoms. The molecule has 0 bridgehead atoms. The lowest BCUT2D eigenvalue weighted by Crippen LogP contribution is -2.48. The third kappa shape index (κ3) is 4.25. The maximum Gasteiger partial charge on any atom is 0.250 e. The van der Waals surface area contributed by atoms with E-state index in [9.17, 15) is 4.79 Å². The van der Waals surface area contributed by atoms with Gasteiger partial charge in [0.05, 0.1) is 18.9 Å². The van der Waals surface area contributed by atoms with Crippen LogP contribution in [0.25, 0.3) is 5.69 Å². The minimum atomic E-state index is 0.230. The summed E-state index contributed by atoms with van der Waals surface area (Å²) in [7, 11) is 0. The lowest BCUT2D eigenvalue weighted by atomic mass is 10.2. The van der Waals surface area contributed by atoms with E-state index < -0.39 is 0 Å². The van der Waals surface area contributed by atoms with Crippen LogP contribution in [0.3, 0.4) is 0 Å². The van der Waals surface area contributed by atoms with Crippen LogP contribution in [0.2, 0.25) is 0 Å². The van der Waals surface area contributed by atoms with Gasteiger partial charge in [0.2, 0.25) is 11.9 Å². The maximum atomic E-state index is 12.3. The van der Waals surface area contributed by atoms with Crippen molar-refractivity contribution in [2.45, 2.75) is 6.42 Å². The third-order valence-electron chi connectivity index (χ3n) is 5.11. The molecule has 3 heterocycles. The first-order valence-electron chi connectivity index (χ1n) is 9.48. The molecule has 0 atom stereocenters. The SMILES string of the molecule is O=C(CCN1CCN(c2nnnn2-c2ccccc2)CC1)N1CCOCC1. The molecule has 144 valence electrons. The highest BCUT2D eigenvalue weighted by Gasteiger charge is 2.23.